The minimum atomic E-state index is -1.57. The van der Waals surface area contributed by atoms with Gasteiger partial charge < -0.3 is 24.4 Å². The van der Waals surface area contributed by atoms with E-state index in [4.69, 9.17) is 14.2 Å². The lowest BCUT2D eigenvalue weighted by Crippen LogP contribution is -2.53. The molecule has 0 radical (unpaired) electrons. The number of benzene rings is 2. The van der Waals surface area contributed by atoms with Crippen LogP contribution in [0.4, 0.5) is 4.79 Å². The molecule has 1 fully saturated rings. The van der Waals surface area contributed by atoms with Gasteiger partial charge in [-0.25, -0.2) is 4.79 Å². The molecular weight excluding hydrogens is 446 g/mol. The number of nitrogens with one attached hydrogen (secondary N) is 1. The van der Waals surface area contributed by atoms with E-state index in [1.165, 1.54) is 18.1 Å². The summed E-state index contributed by atoms with van der Waals surface area (Å²) in [6, 6.07) is 19.6. The molecule has 0 bridgehead atoms. The van der Waals surface area contributed by atoms with Gasteiger partial charge in [-0.05, 0) is 48.8 Å². The topological polar surface area (TPSA) is 101 Å². The normalized spacial score (nSPS) is 18.1. The van der Waals surface area contributed by atoms with Gasteiger partial charge >= 0.3 is 6.09 Å². The number of rotatable bonds is 8. The molecule has 2 unspecified atom stereocenters. The first-order chi connectivity index (χ1) is 17.0. The SMILES string of the molecule is CC(C#N)(NC(=O)C(CC1Cc2ccccc2C1)OC(=O)N1CCOCC1)OCc1ccccc1. The van der Waals surface area contributed by atoms with Crippen molar-refractivity contribution in [2.24, 2.45) is 5.92 Å². The summed E-state index contributed by atoms with van der Waals surface area (Å²) < 4.78 is 16.8. The predicted molar refractivity (Wildman–Crippen MR) is 128 cm³/mol. The number of hydrogen-bond donors (Lipinski definition) is 1. The van der Waals surface area contributed by atoms with Crippen LogP contribution in [-0.2, 0) is 38.5 Å². The van der Waals surface area contributed by atoms with E-state index in [0.29, 0.717) is 32.7 Å². The van der Waals surface area contributed by atoms with Gasteiger partial charge in [-0.15, -0.1) is 0 Å². The molecule has 0 saturated carbocycles. The first-order valence-electron chi connectivity index (χ1n) is 12.0. The van der Waals surface area contributed by atoms with Crippen LogP contribution in [0.15, 0.2) is 54.6 Å². The third-order valence-corrected chi connectivity index (χ3v) is 6.43. The van der Waals surface area contributed by atoms with E-state index < -0.39 is 23.8 Å². The van der Waals surface area contributed by atoms with Gasteiger partial charge in [-0.2, -0.15) is 5.26 Å². The summed E-state index contributed by atoms with van der Waals surface area (Å²) in [5.41, 5.74) is 1.81. The maximum absolute atomic E-state index is 13.3. The number of morpholine rings is 1. The number of amides is 2. The Balaban J connectivity index is 1.44. The smallest absolute Gasteiger partial charge is 0.410 e. The zero-order valence-corrected chi connectivity index (χ0v) is 19.9. The number of ether oxygens (including phenoxy) is 3. The summed E-state index contributed by atoms with van der Waals surface area (Å²) in [6.45, 7) is 3.35. The number of fused-ring (bicyclic) bond motifs is 1. The van der Waals surface area contributed by atoms with Crippen molar-refractivity contribution in [2.75, 3.05) is 26.3 Å². The summed E-state index contributed by atoms with van der Waals surface area (Å²) in [5, 5.41) is 12.4. The Morgan fingerprint density at radius 1 is 1.11 bits per heavy atom. The van der Waals surface area contributed by atoms with E-state index in [0.717, 1.165) is 18.4 Å². The molecule has 2 atom stereocenters. The van der Waals surface area contributed by atoms with E-state index in [1.54, 1.807) is 4.90 Å². The van der Waals surface area contributed by atoms with Gasteiger partial charge in [0.25, 0.3) is 5.91 Å². The van der Waals surface area contributed by atoms with Crippen LogP contribution in [-0.4, -0.2) is 55.0 Å². The van der Waals surface area contributed by atoms with E-state index in [2.05, 4.69) is 17.4 Å². The monoisotopic (exact) mass is 477 g/mol. The molecule has 2 aliphatic rings. The van der Waals surface area contributed by atoms with Crippen molar-refractivity contribution in [1.82, 2.24) is 10.2 Å². The Hall–Kier alpha value is -3.41. The van der Waals surface area contributed by atoms with Gasteiger partial charge in [0.2, 0.25) is 5.72 Å². The third-order valence-electron chi connectivity index (χ3n) is 6.43. The van der Waals surface area contributed by atoms with Crippen LogP contribution in [0.3, 0.4) is 0 Å². The van der Waals surface area contributed by atoms with Crippen LogP contribution < -0.4 is 5.32 Å². The van der Waals surface area contributed by atoms with Crippen LogP contribution in [0.25, 0.3) is 0 Å². The summed E-state index contributed by atoms with van der Waals surface area (Å²) in [7, 11) is 0. The van der Waals surface area contributed by atoms with E-state index >= 15 is 0 Å². The Labute approximate surface area is 205 Å². The Morgan fingerprint density at radius 2 is 1.74 bits per heavy atom. The highest BCUT2D eigenvalue weighted by Gasteiger charge is 2.36. The number of carbonyl (C=O) groups excluding carboxylic acids is 2. The van der Waals surface area contributed by atoms with Gasteiger partial charge in [0.15, 0.2) is 6.10 Å². The van der Waals surface area contributed by atoms with Gasteiger partial charge in [0.1, 0.15) is 6.07 Å². The first-order valence-corrected chi connectivity index (χ1v) is 12.0. The van der Waals surface area contributed by atoms with Crippen molar-refractivity contribution in [2.45, 2.75) is 44.6 Å². The number of nitrogens with zero attached hydrogens (tertiary/aromatic N) is 2. The molecule has 2 aromatic carbocycles. The lowest BCUT2D eigenvalue weighted by Gasteiger charge is -2.30. The average molecular weight is 478 g/mol. The molecule has 35 heavy (non-hydrogen) atoms. The first kappa shape index (κ1) is 24.7. The largest absolute Gasteiger partial charge is 0.436 e. The predicted octanol–water partition coefficient (Wildman–Crippen LogP) is 3.20. The van der Waals surface area contributed by atoms with E-state index in [1.807, 2.05) is 48.5 Å². The highest BCUT2D eigenvalue weighted by molar-refractivity contribution is 5.84. The molecular formula is C27H31N3O5. The molecule has 8 nitrogen and oxygen atoms in total. The second kappa shape index (κ2) is 11.3. The molecule has 1 aliphatic carbocycles. The van der Waals surface area contributed by atoms with Crippen molar-refractivity contribution in [3.63, 3.8) is 0 Å². The van der Waals surface area contributed by atoms with Crippen LogP contribution >= 0.6 is 0 Å². The molecule has 1 aliphatic heterocycles. The molecule has 184 valence electrons. The van der Waals surface area contributed by atoms with E-state index in [-0.39, 0.29) is 12.5 Å². The van der Waals surface area contributed by atoms with Gasteiger partial charge in [-0.3, -0.25) is 4.79 Å². The molecule has 1 N–H and O–H groups in total. The number of nitriles is 1. The molecule has 8 heteroatoms. The quantitative estimate of drug-likeness (QED) is 0.586. The van der Waals surface area contributed by atoms with Crippen molar-refractivity contribution in [3.8, 4) is 6.07 Å². The summed E-state index contributed by atoms with van der Waals surface area (Å²) >= 11 is 0. The summed E-state index contributed by atoms with van der Waals surface area (Å²) in [4.78, 5) is 27.7. The van der Waals surface area contributed by atoms with Gasteiger partial charge in [-0.1, -0.05) is 54.6 Å². The second-order valence-electron chi connectivity index (χ2n) is 9.16. The highest BCUT2D eigenvalue weighted by atomic mass is 16.6. The fraction of sp³-hybridized carbons (Fsp3) is 0.444. The van der Waals surface area contributed by atoms with E-state index in [9.17, 15) is 14.9 Å². The standard InChI is InChI=1S/C27H31N3O5/c1-27(19-28,34-18-20-7-3-2-4-8-20)29-25(31)24(35-26(32)30-11-13-33-14-12-30)17-21-15-22-9-5-6-10-23(22)16-21/h2-10,21,24H,11-18H2,1H3,(H,29,31). The molecule has 0 spiro atoms. The van der Waals surface area contributed by atoms with Crippen molar-refractivity contribution < 1.29 is 23.8 Å². The molecule has 4 rings (SSSR count). The Kier molecular flexibility index (Phi) is 8.01. The highest BCUT2D eigenvalue weighted by Crippen LogP contribution is 2.30. The molecule has 1 saturated heterocycles. The molecule has 2 aromatic rings. The lowest BCUT2D eigenvalue weighted by atomic mass is 9.97. The molecule has 1 heterocycles. The second-order valence-corrected chi connectivity index (χ2v) is 9.16. The van der Waals surface area contributed by atoms with Crippen LogP contribution in [0.1, 0.15) is 30.0 Å². The number of hydrogen-bond acceptors (Lipinski definition) is 6. The molecule has 2 amide bonds. The van der Waals surface area contributed by atoms with Gasteiger partial charge in [0, 0.05) is 13.1 Å². The van der Waals surface area contributed by atoms with Crippen LogP contribution in [0.2, 0.25) is 0 Å². The Bertz CT molecular complexity index is 1040. The fourth-order valence-electron chi connectivity index (χ4n) is 4.48. The van der Waals surface area contributed by atoms with Crippen LogP contribution in [0, 0.1) is 17.2 Å². The minimum Gasteiger partial charge on any atom is -0.436 e. The van der Waals surface area contributed by atoms with Crippen molar-refractivity contribution in [1.29, 1.82) is 5.26 Å². The Morgan fingerprint density at radius 3 is 2.37 bits per heavy atom. The minimum absolute atomic E-state index is 0.152. The maximum Gasteiger partial charge on any atom is 0.410 e. The fourth-order valence-corrected chi connectivity index (χ4v) is 4.48. The lowest BCUT2D eigenvalue weighted by molar-refractivity contribution is -0.139. The average Bonchev–Trinajstić information content (AvgIpc) is 3.30. The molecule has 0 aromatic heterocycles. The van der Waals surface area contributed by atoms with Gasteiger partial charge in [0.05, 0.1) is 19.8 Å². The zero-order chi connectivity index (χ0) is 24.7. The summed E-state index contributed by atoms with van der Waals surface area (Å²) in [5.74, 6) is -0.390. The zero-order valence-electron chi connectivity index (χ0n) is 19.9. The summed E-state index contributed by atoms with van der Waals surface area (Å²) in [6.07, 6.45) is 0.395. The number of carbonyl (C=O) groups is 2. The van der Waals surface area contributed by atoms with Crippen molar-refractivity contribution in [3.05, 3.63) is 71.3 Å². The van der Waals surface area contributed by atoms with Crippen molar-refractivity contribution >= 4 is 12.0 Å². The third kappa shape index (κ3) is 6.59. The maximum atomic E-state index is 13.3. The van der Waals surface area contributed by atoms with Crippen LogP contribution in [0.5, 0.6) is 0 Å².